The molecule has 0 saturated heterocycles. The highest BCUT2D eigenvalue weighted by molar-refractivity contribution is 6.21. The molecule has 25 heavy (non-hydrogen) atoms. The molecule has 4 fully saturated rings. The topological polar surface area (TPSA) is 86.7 Å². The van der Waals surface area contributed by atoms with Crippen molar-refractivity contribution in [3.8, 4) is 0 Å². The lowest BCUT2D eigenvalue weighted by molar-refractivity contribution is 0.0452. The fourth-order valence-corrected chi connectivity index (χ4v) is 6.39. The van der Waals surface area contributed by atoms with Gasteiger partial charge in [0.1, 0.15) is 0 Å². The van der Waals surface area contributed by atoms with Crippen molar-refractivity contribution in [1.29, 1.82) is 0 Å². The Hall–Kier alpha value is -2.37. The zero-order valence-corrected chi connectivity index (χ0v) is 13.8. The van der Waals surface area contributed by atoms with Crippen molar-refractivity contribution < 1.29 is 19.5 Å². The van der Waals surface area contributed by atoms with E-state index in [1.807, 2.05) is 0 Å². The third kappa shape index (κ3) is 1.94. The molecule has 0 aromatic heterocycles. The number of hydrogen-bond donors (Lipinski definition) is 2. The maximum atomic E-state index is 12.7. The van der Waals surface area contributed by atoms with Gasteiger partial charge in [-0.25, -0.2) is 4.79 Å². The molecule has 4 unspecified atom stereocenters. The monoisotopic (exact) mass is 340 g/mol. The lowest BCUT2D eigenvalue weighted by Crippen LogP contribution is -2.51. The Morgan fingerprint density at radius 2 is 1.84 bits per heavy atom. The lowest BCUT2D eigenvalue weighted by Gasteiger charge is -2.42. The molecule has 6 nitrogen and oxygen atoms in total. The van der Waals surface area contributed by atoms with Gasteiger partial charge in [-0.05, 0) is 61.5 Å². The average Bonchev–Trinajstić information content (AvgIpc) is 3.02. The molecule has 4 atom stereocenters. The van der Waals surface area contributed by atoms with Gasteiger partial charge >= 0.3 is 6.09 Å². The van der Waals surface area contributed by atoms with Crippen LogP contribution in [0.5, 0.6) is 0 Å². The van der Waals surface area contributed by atoms with E-state index in [-0.39, 0.29) is 22.8 Å². The Morgan fingerprint density at radius 3 is 2.48 bits per heavy atom. The zero-order valence-electron chi connectivity index (χ0n) is 13.8. The van der Waals surface area contributed by atoms with Gasteiger partial charge in [-0.2, -0.15) is 0 Å². The number of benzene rings is 1. The van der Waals surface area contributed by atoms with E-state index in [0.29, 0.717) is 29.5 Å². The first-order chi connectivity index (χ1) is 11.9. The highest BCUT2D eigenvalue weighted by Gasteiger charge is 2.65. The van der Waals surface area contributed by atoms with E-state index in [1.54, 1.807) is 24.3 Å². The van der Waals surface area contributed by atoms with Crippen LogP contribution in [0.3, 0.4) is 0 Å². The van der Waals surface area contributed by atoms with Crippen molar-refractivity contribution in [3.05, 3.63) is 35.4 Å². The molecule has 6 heteroatoms. The van der Waals surface area contributed by atoms with Crippen molar-refractivity contribution >= 4 is 17.9 Å². The van der Waals surface area contributed by atoms with Gasteiger partial charge in [0.25, 0.3) is 11.8 Å². The minimum absolute atomic E-state index is 0.137. The molecule has 6 rings (SSSR count). The Morgan fingerprint density at radius 1 is 1.16 bits per heavy atom. The molecular formula is C19H20N2O4. The Bertz CT molecular complexity index is 786. The summed E-state index contributed by atoms with van der Waals surface area (Å²) in [6.45, 7) is 0.412. The molecule has 130 valence electrons. The standard InChI is InChI=1S/C19H20N2O4/c22-15-13-3-1-2-4-14(13)16(23)21(15)10-18-6-11-5-12(8-18)19(7-11,9-18)20-17(24)25/h1-4,11-12,20H,5-10H2,(H,24,25). The van der Waals surface area contributed by atoms with Gasteiger partial charge in [0.2, 0.25) is 0 Å². The van der Waals surface area contributed by atoms with Gasteiger partial charge in [-0.15, -0.1) is 0 Å². The first kappa shape index (κ1) is 14.9. The number of rotatable bonds is 3. The second-order valence-corrected chi connectivity index (χ2v) is 8.42. The summed E-state index contributed by atoms with van der Waals surface area (Å²) in [6.07, 6.45) is 3.61. The number of carboxylic acid groups (broad SMARTS) is 1. The lowest BCUT2D eigenvalue weighted by atomic mass is 9.68. The van der Waals surface area contributed by atoms with E-state index in [2.05, 4.69) is 5.32 Å². The predicted molar refractivity (Wildman–Crippen MR) is 88.2 cm³/mol. The number of nitrogens with zero attached hydrogens (tertiary/aromatic N) is 1. The van der Waals surface area contributed by atoms with Crippen LogP contribution in [0.4, 0.5) is 4.79 Å². The molecular weight excluding hydrogens is 320 g/mol. The number of fused-ring (bicyclic) bond motifs is 1. The number of nitrogens with one attached hydrogen (secondary N) is 1. The van der Waals surface area contributed by atoms with Crippen LogP contribution in [-0.2, 0) is 0 Å². The SMILES string of the molecule is O=C(O)NC12CC3CC1CC(CN1C(=O)c4ccccc4C1=O)(C3)C2. The normalized spacial score (nSPS) is 37.7. The van der Waals surface area contributed by atoms with Gasteiger partial charge in [0.05, 0.1) is 11.1 Å². The Balaban J connectivity index is 1.44. The van der Waals surface area contributed by atoms with Crippen LogP contribution >= 0.6 is 0 Å². The first-order valence-electron chi connectivity index (χ1n) is 8.88. The van der Waals surface area contributed by atoms with E-state index in [9.17, 15) is 19.5 Å². The average molecular weight is 340 g/mol. The Labute approximate surface area is 145 Å². The van der Waals surface area contributed by atoms with Crippen molar-refractivity contribution in [3.63, 3.8) is 0 Å². The van der Waals surface area contributed by atoms with Crippen LogP contribution < -0.4 is 5.32 Å². The van der Waals surface area contributed by atoms with Gasteiger partial charge in [0.15, 0.2) is 0 Å². The van der Waals surface area contributed by atoms with Crippen molar-refractivity contribution in [2.75, 3.05) is 6.54 Å². The van der Waals surface area contributed by atoms with Crippen LogP contribution in [0.2, 0.25) is 0 Å². The smallest absolute Gasteiger partial charge is 0.405 e. The summed E-state index contributed by atoms with van der Waals surface area (Å²) in [5, 5.41) is 12.1. The summed E-state index contributed by atoms with van der Waals surface area (Å²) < 4.78 is 0. The van der Waals surface area contributed by atoms with Crippen molar-refractivity contribution in [2.45, 2.75) is 37.6 Å². The molecule has 2 N–H and O–H groups in total. The highest BCUT2D eigenvalue weighted by atomic mass is 16.4. The van der Waals surface area contributed by atoms with E-state index < -0.39 is 6.09 Å². The molecule has 5 aliphatic rings. The second-order valence-electron chi connectivity index (χ2n) is 8.42. The highest BCUT2D eigenvalue weighted by Crippen LogP contribution is 2.66. The van der Waals surface area contributed by atoms with Crippen LogP contribution in [0.25, 0.3) is 0 Å². The molecule has 1 heterocycles. The molecule has 0 radical (unpaired) electrons. The minimum atomic E-state index is -0.968. The van der Waals surface area contributed by atoms with Crippen molar-refractivity contribution in [2.24, 2.45) is 17.3 Å². The van der Waals surface area contributed by atoms with Crippen molar-refractivity contribution in [1.82, 2.24) is 10.2 Å². The summed E-state index contributed by atoms with van der Waals surface area (Å²) in [7, 11) is 0. The largest absolute Gasteiger partial charge is 0.465 e. The van der Waals surface area contributed by atoms with Crippen LogP contribution in [0.15, 0.2) is 24.3 Å². The zero-order chi connectivity index (χ0) is 17.4. The third-order valence-electron chi connectivity index (χ3n) is 6.87. The first-order valence-corrected chi connectivity index (χ1v) is 8.88. The Kier molecular flexibility index (Phi) is 2.76. The number of carbonyl (C=O) groups is 3. The van der Waals surface area contributed by atoms with Crippen LogP contribution in [0, 0.1) is 17.3 Å². The van der Waals surface area contributed by atoms with Crippen LogP contribution in [-0.4, -0.2) is 40.0 Å². The molecule has 4 aliphatic carbocycles. The summed E-state index contributed by atoms with van der Waals surface area (Å²) in [6, 6.07) is 6.96. The van der Waals surface area contributed by atoms with Gasteiger partial charge in [-0.1, -0.05) is 12.1 Å². The molecule has 3 amide bonds. The van der Waals surface area contributed by atoms with E-state index in [0.717, 1.165) is 32.1 Å². The quantitative estimate of drug-likeness (QED) is 0.828. The fourth-order valence-electron chi connectivity index (χ4n) is 6.39. The van der Waals surface area contributed by atoms with E-state index in [1.165, 1.54) is 4.90 Å². The third-order valence-corrected chi connectivity index (χ3v) is 6.87. The van der Waals surface area contributed by atoms with E-state index >= 15 is 0 Å². The molecule has 1 aromatic carbocycles. The van der Waals surface area contributed by atoms with Gasteiger partial charge in [-0.3, -0.25) is 14.5 Å². The summed E-state index contributed by atoms with van der Waals surface area (Å²) in [4.78, 5) is 38.1. The minimum Gasteiger partial charge on any atom is -0.465 e. The molecule has 4 bridgehead atoms. The molecule has 0 spiro atoms. The van der Waals surface area contributed by atoms with E-state index in [4.69, 9.17) is 0 Å². The molecule has 4 saturated carbocycles. The van der Waals surface area contributed by atoms with Crippen LogP contribution in [0.1, 0.15) is 52.8 Å². The predicted octanol–water partition coefficient (Wildman–Crippen LogP) is 2.50. The molecule has 1 aromatic rings. The maximum Gasteiger partial charge on any atom is 0.405 e. The number of amides is 3. The maximum absolute atomic E-state index is 12.7. The number of hydrogen-bond acceptors (Lipinski definition) is 3. The molecule has 1 aliphatic heterocycles. The number of imide groups is 1. The summed E-state index contributed by atoms with van der Waals surface area (Å²) >= 11 is 0. The number of carbonyl (C=O) groups excluding carboxylic acids is 2. The van der Waals surface area contributed by atoms with Gasteiger partial charge in [0, 0.05) is 12.1 Å². The summed E-state index contributed by atoms with van der Waals surface area (Å²) in [5.74, 6) is 0.405. The van der Waals surface area contributed by atoms with Gasteiger partial charge < -0.3 is 10.4 Å². The summed E-state index contributed by atoms with van der Waals surface area (Å²) in [5.41, 5.74) is 0.477. The second kappa shape index (κ2) is 4.62. The fraction of sp³-hybridized carbons (Fsp3) is 0.526.